The van der Waals surface area contributed by atoms with E-state index in [4.69, 9.17) is 4.74 Å². The molecule has 0 unspecified atom stereocenters. The first kappa shape index (κ1) is 17.7. The number of benzene rings is 2. The lowest BCUT2D eigenvalue weighted by atomic mass is 10.1. The number of ketones is 1. The number of nitrogens with zero attached hydrogens (tertiary/aromatic N) is 1. The molecule has 2 rings (SSSR count). The molecule has 0 atom stereocenters. The van der Waals surface area contributed by atoms with Crippen molar-refractivity contribution in [1.82, 2.24) is 0 Å². The third-order valence-corrected chi connectivity index (χ3v) is 3.36. The van der Waals surface area contributed by atoms with Crippen LogP contribution in [0, 0.1) is 0 Å². The number of amides is 1. The average Bonchev–Trinajstić information content (AvgIpc) is 2.52. The monoisotopic (exact) mass is 325 g/mol. The summed E-state index contributed by atoms with van der Waals surface area (Å²) in [6.45, 7) is 7.37. The third kappa shape index (κ3) is 4.95. The molecule has 4 nitrogen and oxygen atoms in total. The van der Waals surface area contributed by atoms with Crippen LogP contribution in [0.5, 0.6) is 0 Å². The standard InChI is InChI=1S/C20H23NO3/c1-15(22)17-11-8-12-18(13-17)21(19(23)24-20(2,3)4)14-16-9-6-5-7-10-16/h5-13H,14H2,1-4H3. The summed E-state index contributed by atoms with van der Waals surface area (Å²) in [7, 11) is 0. The van der Waals surface area contributed by atoms with Crippen LogP contribution in [0.1, 0.15) is 43.6 Å². The van der Waals surface area contributed by atoms with Crippen LogP contribution in [0.3, 0.4) is 0 Å². The molecule has 2 aromatic rings. The van der Waals surface area contributed by atoms with Crippen molar-refractivity contribution in [2.45, 2.75) is 39.8 Å². The number of anilines is 1. The van der Waals surface area contributed by atoms with Gasteiger partial charge in [0, 0.05) is 11.3 Å². The normalized spacial score (nSPS) is 11.0. The maximum absolute atomic E-state index is 12.7. The summed E-state index contributed by atoms with van der Waals surface area (Å²) in [6.07, 6.45) is -0.438. The molecular weight excluding hydrogens is 302 g/mol. The fourth-order valence-electron chi connectivity index (χ4n) is 2.24. The molecule has 0 radical (unpaired) electrons. The quantitative estimate of drug-likeness (QED) is 0.756. The van der Waals surface area contributed by atoms with Crippen LogP contribution >= 0.6 is 0 Å². The van der Waals surface area contributed by atoms with E-state index in [1.54, 1.807) is 29.2 Å². The van der Waals surface area contributed by atoms with Crippen LogP contribution in [-0.4, -0.2) is 17.5 Å². The predicted molar refractivity (Wildman–Crippen MR) is 95.3 cm³/mol. The van der Waals surface area contributed by atoms with Gasteiger partial charge in [0.15, 0.2) is 5.78 Å². The Morgan fingerprint density at radius 2 is 1.67 bits per heavy atom. The first-order valence-electron chi connectivity index (χ1n) is 7.92. The molecule has 0 aliphatic heterocycles. The Hall–Kier alpha value is -2.62. The Morgan fingerprint density at radius 3 is 2.25 bits per heavy atom. The molecule has 24 heavy (non-hydrogen) atoms. The van der Waals surface area contributed by atoms with Crippen LogP contribution in [0.15, 0.2) is 54.6 Å². The number of carbonyl (C=O) groups is 2. The second-order valence-corrected chi connectivity index (χ2v) is 6.66. The van der Waals surface area contributed by atoms with Gasteiger partial charge in [-0.1, -0.05) is 42.5 Å². The molecule has 0 aliphatic carbocycles. The van der Waals surface area contributed by atoms with Crippen LogP contribution in [0.2, 0.25) is 0 Å². The lowest BCUT2D eigenvalue weighted by Crippen LogP contribution is -2.36. The van der Waals surface area contributed by atoms with Gasteiger partial charge in [0.1, 0.15) is 5.60 Å². The highest BCUT2D eigenvalue weighted by Crippen LogP contribution is 2.22. The summed E-state index contributed by atoms with van der Waals surface area (Å²) in [4.78, 5) is 25.9. The topological polar surface area (TPSA) is 46.6 Å². The second kappa shape index (κ2) is 7.30. The molecular formula is C20H23NO3. The van der Waals surface area contributed by atoms with Gasteiger partial charge in [0.05, 0.1) is 6.54 Å². The Morgan fingerprint density at radius 1 is 1.00 bits per heavy atom. The first-order valence-corrected chi connectivity index (χ1v) is 7.92. The number of rotatable bonds is 4. The number of hydrogen-bond acceptors (Lipinski definition) is 3. The van der Waals surface area contributed by atoms with Crippen molar-refractivity contribution in [2.24, 2.45) is 0 Å². The van der Waals surface area contributed by atoms with E-state index in [0.29, 0.717) is 17.8 Å². The fraction of sp³-hybridized carbons (Fsp3) is 0.300. The molecule has 0 heterocycles. The molecule has 0 fully saturated rings. The molecule has 0 saturated heterocycles. The van der Waals surface area contributed by atoms with Crippen molar-refractivity contribution >= 4 is 17.6 Å². The maximum atomic E-state index is 12.7. The largest absolute Gasteiger partial charge is 0.443 e. The summed E-state index contributed by atoms with van der Waals surface area (Å²) in [6, 6.07) is 16.7. The van der Waals surface area contributed by atoms with Crippen molar-refractivity contribution in [3.05, 3.63) is 65.7 Å². The van der Waals surface area contributed by atoms with Gasteiger partial charge in [0.25, 0.3) is 0 Å². The van der Waals surface area contributed by atoms with Crippen molar-refractivity contribution < 1.29 is 14.3 Å². The van der Waals surface area contributed by atoms with E-state index in [9.17, 15) is 9.59 Å². The SMILES string of the molecule is CC(=O)c1cccc(N(Cc2ccccc2)C(=O)OC(C)(C)C)c1. The summed E-state index contributed by atoms with van der Waals surface area (Å²) in [5.74, 6) is -0.0410. The molecule has 0 N–H and O–H groups in total. The zero-order chi connectivity index (χ0) is 17.7. The highest BCUT2D eigenvalue weighted by Gasteiger charge is 2.24. The van der Waals surface area contributed by atoms with Crippen LogP contribution in [-0.2, 0) is 11.3 Å². The minimum atomic E-state index is -0.593. The Kier molecular flexibility index (Phi) is 5.39. The highest BCUT2D eigenvalue weighted by atomic mass is 16.6. The van der Waals surface area contributed by atoms with E-state index >= 15 is 0 Å². The summed E-state index contributed by atoms with van der Waals surface area (Å²) >= 11 is 0. The lowest BCUT2D eigenvalue weighted by molar-refractivity contribution is 0.0577. The summed E-state index contributed by atoms with van der Waals surface area (Å²) < 4.78 is 5.53. The molecule has 126 valence electrons. The molecule has 0 aliphatic rings. The van der Waals surface area contributed by atoms with Gasteiger partial charge in [-0.2, -0.15) is 0 Å². The summed E-state index contributed by atoms with van der Waals surface area (Å²) in [5, 5.41) is 0. The second-order valence-electron chi connectivity index (χ2n) is 6.66. The van der Waals surface area contributed by atoms with Crippen molar-refractivity contribution in [1.29, 1.82) is 0 Å². The van der Waals surface area contributed by atoms with E-state index in [1.807, 2.05) is 51.1 Å². The predicted octanol–water partition coefficient (Wildman–Crippen LogP) is 4.83. The van der Waals surface area contributed by atoms with E-state index in [1.165, 1.54) is 6.92 Å². The average molecular weight is 325 g/mol. The van der Waals surface area contributed by atoms with Gasteiger partial charge < -0.3 is 4.74 Å². The number of Topliss-reactive ketones (excluding diaryl/α,β-unsaturated/α-hetero) is 1. The van der Waals surface area contributed by atoms with Gasteiger partial charge in [-0.3, -0.25) is 9.69 Å². The summed E-state index contributed by atoms with van der Waals surface area (Å²) in [5.41, 5.74) is 1.59. The van der Waals surface area contributed by atoms with Gasteiger partial charge in [-0.25, -0.2) is 4.79 Å². The Bertz CT molecular complexity index is 717. The molecule has 0 aromatic heterocycles. The Balaban J connectivity index is 2.36. The molecule has 0 bridgehead atoms. The zero-order valence-electron chi connectivity index (χ0n) is 14.6. The van der Waals surface area contributed by atoms with Gasteiger partial charge in [-0.05, 0) is 45.4 Å². The van der Waals surface area contributed by atoms with Gasteiger partial charge in [0.2, 0.25) is 0 Å². The molecule has 1 amide bonds. The minimum absolute atomic E-state index is 0.0410. The van der Waals surface area contributed by atoms with Crippen molar-refractivity contribution in [3.63, 3.8) is 0 Å². The lowest BCUT2D eigenvalue weighted by Gasteiger charge is -2.27. The zero-order valence-corrected chi connectivity index (χ0v) is 14.6. The van der Waals surface area contributed by atoms with Crippen molar-refractivity contribution in [2.75, 3.05) is 4.90 Å². The Labute approximate surface area is 143 Å². The third-order valence-electron chi connectivity index (χ3n) is 3.36. The van der Waals surface area contributed by atoms with Crippen molar-refractivity contribution in [3.8, 4) is 0 Å². The fourth-order valence-corrected chi connectivity index (χ4v) is 2.24. The van der Waals surface area contributed by atoms with Gasteiger partial charge in [-0.15, -0.1) is 0 Å². The van der Waals surface area contributed by atoms with Gasteiger partial charge >= 0.3 is 6.09 Å². The van der Waals surface area contributed by atoms with Crippen LogP contribution < -0.4 is 4.90 Å². The minimum Gasteiger partial charge on any atom is -0.443 e. The number of carbonyl (C=O) groups excluding carboxylic acids is 2. The smallest absolute Gasteiger partial charge is 0.415 e. The van der Waals surface area contributed by atoms with E-state index in [0.717, 1.165) is 5.56 Å². The molecule has 2 aromatic carbocycles. The van der Waals surface area contributed by atoms with Crippen LogP contribution in [0.4, 0.5) is 10.5 Å². The number of hydrogen-bond donors (Lipinski definition) is 0. The molecule has 4 heteroatoms. The molecule has 0 spiro atoms. The highest BCUT2D eigenvalue weighted by molar-refractivity contribution is 5.96. The maximum Gasteiger partial charge on any atom is 0.415 e. The van der Waals surface area contributed by atoms with E-state index in [2.05, 4.69) is 0 Å². The van der Waals surface area contributed by atoms with Crippen LogP contribution in [0.25, 0.3) is 0 Å². The van der Waals surface area contributed by atoms with E-state index < -0.39 is 11.7 Å². The first-order chi connectivity index (χ1) is 11.3. The van der Waals surface area contributed by atoms with E-state index in [-0.39, 0.29) is 5.78 Å². The number of ether oxygens (including phenoxy) is 1. The molecule has 0 saturated carbocycles.